The molecule has 0 aliphatic heterocycles. The average Bonchev–Trinajstić information content (AvgIpc) is 2.44. The number of fused-ring (bicyclic) bond motifs is 1. The Morgan fingerprint density at radius 3 is 2.70 bits per heavy atom. The first-order valence-electron chi connectivity index (χ1n) is 5.91. The monoisotopic (exact) mass is 272 g/mol. The molecule has 0 fully saturated rings. The van der Waals surface area contributed by atoms with Crippen molar-refractivity contribution in [3.63, 3.8) is 0 Å². The lowest BCUT2D eigenvalue weighted by molar-refractivity contribution is 0.440. The van der Waals surface area contributed by atoms with E-state index in [0.717, 1.165) is 18.2 Å². The standard InChI is InChI=1S/C15H10F2N2O/c16-9-4-5-11(17)14(8-9)20-13-6-7-19-15-10(13)2-1-3-12(15)18/h1-8H,18H2. The van der Waals surface area contributed by atoms with Crippen molar-refractivity contribution in [2.75, 3.05) is 5.73 Å². The highest BCUT2D eigenvalue weighted by Crippen LogP contribution is 2.32. The lowest BCUT2D eigenvalue weighted by Crippen LogP contribution is -1.94. The van der Waals surface area contributed by atoms with Gasteiger partial charge in [-0.25, -0.2) is 8.78 Å². The Hall–Kier alpha value is -2.69. The third kappa shape index (κ3) is 2.14. The van der Waals surface area contributed by atoms with E-state index in [1.165, 1.54) is 6.20 Å². The molecule has 3 nitrogen and oxygen atoms in total. The van der Waals surface area contributed by atoms with Crippen LogP contribution in [0.25, 0.3) is 10.9 Å². The molecule has 0 radical (unpaired) electrons. The van der Waals surface area contributed by atoms with Crippen molar-refractivity contribution in [2.24, 2.45) is 0 Å². The summed E-state index contributed by atoms with van der Waals surface area (Å²) in [4.78, 5) is 4.15. The fourth-order valence-electron chi connectivity index (χ4n) is 1.94. The predicted octanol–water partition coefficient (Wildman–Crippen LogP) is 3.89. The van der Waals surface area contributed by atoms with E-state index in [1.807, 2.05) is 0 Å². The minimum atomic E-state index is -0.639. The van der Waals surface area contributed by atoms with E-state index in [1.54, 1.807) is 24.3 Å². The van der Waals surface area contributed by atoms with Gasteiger partial charge in [-0.05, 0) is 30.3 Å². The molecule has 3 aromatic rings. The summed E-state index contributed by atoms with van der Waals surface area (Å²) in [6.45, 7) is 0. The molecule has 0 atom stereocenters. The number of ether oxygens (including phenoxy) is 1. The van der Waals surface area contributed by atoms with Gasteiger partial charge >= 0.3 is 0 Å². The van der Waals surface area contributed by atoms with Crippen LogP contribution >= 0.6 is 0 Å². The highest BCUT2D eigenvalue weighted by atomic mass is 19.1. The Labute approximate surface area is 113 Å². The third-order valence-corrected chi connectivity index (χ3v) is 2.88. The van der Waals surface area contributed by atoms with E-state index in [-0.39, 0.29) is 5.75 Å². The molecule has 0 aliphatic carbocycles. The number of para-hydroxylation sites is 1. The topological polar surface area (TPSA) is 48.1 Å². The number of anilines is 1. The number of rotatable bonds is 2. The highest BCUT2D eigenvalue weighted by molar-refractivity contribution is 5.93. The summed E-state index contributed by atoms with van der Waals surface area (Å²) < 4.78 is 32.2. The zero-order chi connectivity index (χ0) is 14.1. The van der Waals surface area contributed by atoms with Crippen molar-refractivity contribution in [3.05, 3.63) is 60.3 Å². The van der Waals surface area contributed by atoms with Gasteiger partial charge in [0.25, 0.3) is 0 Å². The summed E-state index contributed by atoms with van der Waals surface area (Å²) in [7, 11) is 0. The largest absolute Gasteiger partial charge is 0.453 e. The molecule has 0 bridgehead atoms. The summed E-state index contributed by atoms with van der Waals surface area (Å²) >= 11 is 0. The first-order chi connectivity index (χ1) is 9.65. The van der Waals surface area contributed by atoms with Gasteiger partial charge in [0.05, 0.1) is 11.2 Å². The van der Waals surface area contributed by atoms with Crippen LogP contribution in [0.15, 0.2) is 48.7 Å². The van der Waals surface area contributed by atoms with Crippen LogP contribution in [0.1, 0.15) is 0 Å². The molecule has 100 valence electrons. The van der Waals surface area contributed by atoms with Gasteiger partial charge in [0, 0.05) is 17.6 Å². The van der Waals surface area contributed by atoms with Crippen molar-refractivity contribution in [2.45, 2.75) is 0 Å². The molecule has 1 heterocycles. The minimum Gasteiger partial charge on any atom is -0.453 e. The second-order valence-electron chi connectivity index (χ2n) is 4.23. The first-order valence-corrected chi connectivity index (χ1v) is 5.91. The SMILES string of the molecule is Nc1cccc2c(Oc3cc(F)ccc3F)ccnc12. The van der Waals surface area contributed by atoms with Crippen molar-refractivity contribution in [3.8, 4) is 11.5 Å². The molecule has 0 unspecified atom stereocenters. The molecule has 0 saturated heterocycles. The lowest BCUT2D eigenvalue weighted by Gasteiger charge is -2.10. The molecular weight excluding hydrogens is 262 g/mol. The lowest BCUT2D eigenvalue weighted by atomic mass is 10.2. The molecule has 0 aliphatic rings. The molecule has 0 spiro atoms. The Morgan fingerprint density at radius 1 is 1.00 bits per heavy atom. The Morgan fingerprint density at radius 2 is 1.85 bits per heavy atom. The summed E-state index contributed by atoms with van der Waals surface area (Å²) in [5.74, 6) is -1.02. The summed E-state index contributed by atoms with van der Waals surface area (Å²) in [5.41, 5.74) is 6.87. The summed E-state index contributed by atoms with van der Waals surface area (Å²) in [6, 6.07) is 9.83. The predicted molar refractivity (Wildman–Crippen MR) is 72.6 cm³/mol. The molecule has 20 heavy (non-hydrogen) atoms. The van der Waals surface area contributed by atoms with Crippen LogP contribution in [0.2, 0.25) is 0 Å². The van der Waals surface area contributed by atoms with Gasteiger partial charge in [-0.15, -0.1) is 0 Å². The van der Waals surface area contributed by atoms with E-state index in [2.05, 4.69) is 4.98 Å². The number of nitrogen functional groups attached to an aromatic ring is 1. The minimum absolute atomic E-state index is 0.181. The fourth-order valence-corrected chi connectivity index (χ4v) is 1.94. The second kappa shape index (κ2) is 4.77. The maximum Gasteiger partial charge on any atom is 0.166 e. The molecule has 5 heteroatoms. The van der Waals surface area contributed by atoms with Crippen molar-refractivity contribution < 1.29 is 13.5 Å². The number of pyridine rings is 1. The van der Waals surface area contributed by atoms with Gasteiger partial charge in [-0.2, -0.15) is 0 Å². The second-order valence-corrected chi connectivity index (χ2v) is 4.23. The van der Waals surface area contributed by atoms with Gasteiger partial charge in [0.1, 0.15) is 11.6 Å². The quantitative estimate of drug-likeness (QED) is 0.720. The molecule has 1 aromatic heterocycles. The number of hydrogen-bond donors (Lipinski definition) is 1. The molecule has 3 rings (SSSR count). The van der Waals surface area contributed by atoms with Crippen molar-refractivity contribution in [1.82, 2.24) is 4.98 Å². The molecular formula is C15H10F2N2O. The summed E-state index contributed by atoms with van der Waals surface area (Å²) in [5, 5.41) is 0.635. The number of hydrogen-bond acceptors (Lipinski definition) is 3. The van der Waals surface area contributed by atoms with Crippen LogP contribution in [0.4, 0.5) is 14.5 Å². The van der Waals surface area contributed by atoms with Crippen molar-refractivity contribution in [1.29, 1.82) is 0 Å². The highest BCUT2D eigenvalue weighted by Gasteiger charge is 2.10. The van der Waals surface area contributed by atoms with Gasteiger partial charge in [-0.1, -0.05) is 6.07 Å². The van der Waals surface area contributed by atoms with E-state index in [0.29, 0.717) is 22.3 Å². The Kier molecular flexibility index (Phi) is 2.95. The van der Waals surface area contributed by atoms with Crippen molar-refractivity contribution >= 4 is 16.6 Å². The fraction of sp³-hybridized carbons (Fsp3) is 0. The Balaban J connectivity index is 2.11. The number of halogens is 2. The van der Waals surface area contributed by atoms with Crippen LogP contribution in [0.5, 0.6) is 11.5 Å². The number of nitrogens with two attached hydrogens (primary N) is 1. The molecule has 2 aromatic carbocycles. The van der Waals surface area contributed by atoms with Crippen LogP contribution in [0, 0.1) is 11.6 Å². The smallest absolute Gasteiger partial charge is 0.166 e. The number of nitrogens with zero attached hydrogens (tertiary/aromatic N) is 1. The zero-order valence-electron chi connectivity index (χ0n) is 10.3. The molecule has 2 N–H and O–H groups in total. The number of benzene rings is 2. The molecule has 0 amide bonds. The Bertz CT molecular complexity index is 790. The van der Waals surface area contributed by atoms with Gasteiger partial charge < -0.3 is 10.5 Å². The van der Waals surface area contributed by atoms with E-state index in [9.17, 15) is 8.78 Å². The van der Waals surface area contributed by atoms with Crippen LogP contribution in [-0.4, -0.2) is 4.98 Å². The third-order valence-electron chi connectivity index (χ3n) is 2.88. The van der Waals surface area contributed by atoms with Gasteiger partial charge in [0.15, 0.2) is 11.6 Å². The average molecular weight is 272 g/mol. The van der Waals surface area contributed by atoms with E-state index >= 15 is 0 Å². The maximum atomic E-state index is 13.6. The van der Waals surface area contributed by atoms with Crippen LogP contribution in [0.3, 0.4) is 0 Å². The molecule has 0 saturated carbocycles. The first kappa shape index (κ1) is 12.3. The van der Waals surface area contributed by atoms with E-state index < -0.39 is 11.6 Å². The van der Waals surface area contributed by atoms with E-state index in [4.69, 9.17) is 10.5 Å². The van der Waals surface area contributed by atoms with Crippen LogP contribution in [-0.2, 0) is 0 Å². The van der Waals surface area contributed by atoms with Gasteiger partial charge in [-0.3, -0.25) is 4.98 Å². The zero-order valence-corrected chi connectivity index (χ0v) is 10.3. The van der Waals surface area contributed by atoms with Crippen LogP contribution < -0.4 is 10.5 Å². The summed E-state index contributed by atoms with van der Waals surface area (Å²) in [6.07, 6.45) is 1.51. The number of aromatic nitrogens is 1. The van der Waals surface area contributed by atoms with Gasteiger partial charge in [0.2, 0.25) is 0 Å². The maximum absolute atomic E-state index is 13.6. The normalized spacial score (nSPS) is 10.7.